The highest BCUT2D eigenvalue weighted by molar-refractivity contribution is 5.64. The zero-order valence-corrected chi connectivity index (χ0v) is 17.2. The summed E-state index contributed by atoms with van der Waals surface area (Å²) in [6.45, 7) is 13.3. The number of benzene rings is 1. The number of anilines is 2. The van der Waals surface area contributed by atoms with Gasteiger partial charge in [-0.25, -0.2) is 0 Å². The van der Waals surface area contributed by atoms with E-state index in [0.717, 1.165) is 55.7 Å². The normalized spacial score (nSPS) is 17.3. The second kappa shape index (κ2) is 7.75. The van der Waals surface area contributed by atoms with Gasteiger partial charge in [0.05, 0.1) is 0 Å². The van der Waals surface area contributed by atoms with Crippen LogP contribution in [0.15, 0.2) is 30.3 Å². The average Bonchev–Trinajstić information content (AvgIpc) is 3.12. The van der Waals surface area contributed by atoms with Crippen molar-refractivity contribution in [3.8, 4) is 11.4 Å². The van der Waals surface area contributed by atoms with Gasteiger partial charge in [0.25, 0.3) is 5.78 Å². The number of nitrogens with zero attached hydrogens (tertiary/aromatic N) is 6. The lowest BCUT2D eigenvalue weighted by molar-refractivity contribution is 0.480. The first-order valence-electron chi connectivity index (χ1n) is 10.2. The van der Waals surface area contributed by atoms with Gasteiger partial charge in [-0.15, -0.1) is 5.10 Å². The first-order valence-corrected chi connectivity index (χ1v) is 10.2. The summed E-state index contributed by atoms with van der Waals surface area (Å²) in [7, 11) is 0. The molecule has 0 spiro atoms. The Morgan fingerprint density at radius 2 is 1.96 bits per heavy atom. The highest BCUT2D eigenvalue weighted by atomic mass is 15.4. The molecule has 1 fully saturated rings. The first-order chi connectivity index (χ1) is 13.6. The van der Waals surface area contributed by atoms with Crippen molar-refractivity contribution < 1.29 is 0 Å². The molecule has 3 heterocycles. The molecule has 1 aliphatic heterocycles. The maximum absolute atomic E-state index is 4.86. The lowest BCUT2D eigenvalue weighted by Crippen LogP contribution is -2.50. The third-order valence-electron chi connectivity index (χ3n) is 5.45. The minimum absolute atomic E-state index is 0.438. The standard InChI is InChI=1S/C21H29N7/c1-5-26(6-2)18-13-19(27-12-11-22-16(4)14-27)28-21(23-18)24-20(25-28)17-10-8-7-9-15(17)3/h7-10,13,16,22H,5-6,11-12,14H2,1-4H3. The molecule has 0 saturated carbocycles. The van der Waals surface area contributed by atoms with Gasteiger partial charge in [0.2, 0.25) is 0 Å². The average molecular weight is 380 g/mol. The fraction of sp³-hybridized carbons (Fsp3) is 0.476. The van der Waals surface area contributed by atoms with Gasteiger partial charge < -0.3 is 15.1 Å². The number of piperazine rings is 1. The topological polar surface area (TPSA) is 61.6 Å². The number of hydrogen-bond acceptors (Lipinski definition) is 6. The number of fused-ring (bicyclic) bond motifs is 1. The van der Waals surface area contributed by atoms with E-state index >= 15 is 0 Å². The lowest BCUT2D eigenvalue weighted by Gasteiger charge is -2.34. The Balaban J connectivity index is 1.87. The maximum Gasteiger partial charge on any atom is 0.256 e. The third kappa shape index (κ3) is 3.42. The second-order valence-corrected chi connectivity index (χ2v) is 7.41. The molecule has 7 heteroatoms. The molecule has 28 heavy (non-hydrogen) atoms. The van der Waals surface area contributed by atoms with E-state index in [0.29, 0.717) is 11.8 Å². The molecule has 2 aromatic heterocycles. The molecule has 0 bridgehead atoms. The van der Waals surface area contributed by atoms with Crippen molar-refractivity contribution in [1.82, 2.24) is 24.9 Å². The summed E-state index contributed by atoms with van der Waals surface area (Å²) in [5, 5.41) is 8.37. The Morgan fingerprint density at radius 3 is 2.68 bits per heavy atom. The molecule has 0 amide bonds. The quantitative estimate of drug-likeness (QED) is 0.736. The molecule has 1 N–H and O–H groups in total. The minimum atomic E-state index is 0.438. The summed E-state index contributed by atoms with van der Waals surface area (Å²) in [5.41, 5.74) is 2.22. The highest BCUT2D eigenvalue weighted by Crippen LogP contribution is 2.26. The van der Waals surface area contributed by atoms with E-state index in [4.69, 9.17) is 15.1 Å². The van der Waals surface area contributed by atoms with Crippen molar-refractivity contribution in [3.05, 3.63) is 35.9 Å². The molecule has 0 aliphatic carbocycles. The number of aryl methyl sites for hydroxylation is 1. The maximum atomic E-state index is 4.86. The van der Waals surface area contributed by atoms with Gasteiger partial charge in [-0.1, -0.05) is 24.3 Å². The van der Waals surface area contributed by atoms with Crippen LogP contribution in [0.1, 0.15) is 26.3 Å². The van der Waals surface area contributed by atoms with Crippen LogP contribution in [0.5, 0.6) is 0 Å². The summed E-state index contributed by atoms with van der Waals surface area (Å²) in [6.07, 6.45) is 0. The fourth-order valence-electron chi connectivity index (χ4n) is 3.85. The molecule has 1 unspecified atom stereocenters. The monoisotopic (exact) mass is 379 g/mol. The summed E-state index contributed by atoms with van der Waals surface area (Å²) < 4.78 is 1.91. The Morgan fingerprint density at radius 1 is 1.18 bits per heavy atom. The first kappa shape index (κ1) is 18.7. The van der Waals surface area contributed by atoms with Crippen LogP contribution in [0, 0.1) is 6.92 Å². The number of hydrogen-bond donors (Lipinski definition) is 1. The molecule has 3 aromatic rings. The van der Waals surface area contributed by atoms with E-state index in [1.165, 1.54) is 5.56 Å². The predicted octanol–water partition coefficient (Wildman–Crippen LogP) is 2.74. The van der Waals surface area contributed by atoms with Gasteiger partial charge >= 0.3 is 0 Å². The second-order valence-electron chi connectivity index (χ2n) is 7.41. The molecule has 4 rings (SSSR count). The van der Waals surface area contributed by atoms with Gasteiger partial charge in [-0.2, -0.15) is 14.5 Å². The van der Waals surface area contributed by atoms with Crippen molar-refractivity contribution in [3.63, 3.8) is 0 Å². The zero-order valence-electron chi connectivity index (χ0n) is 17.2. The van der Waals surface area contributed by atoms with E-state index < -0.39 is 0 Å². The van der Waals surface area contributed by atoms with Crippen molar-refractivity contribution in [1.29, 1.82) is 0 Å². The number of rotatable bonds is 5. The van der Waals surface area contributed by atoms with Crippen LogP contribution in [0.4, 0.5) is 11.6 Å². The van der Waals surface area contributed by atoms with Crippen LogP contribution in [-0.2, 0) is 0 Å². The van der Waals surface area contributed by atoms with E-state index in [-0.39, 0.29) is 0 Å². The molecule has 7 nitrogen and oxygen atoms in total. The molecule has 0 radical (unpaired) electrons. The Hall–Kier alpha value is -2.67. The molecular formula is C21H29N7. The Labute approximate surface area is 166 Å². The summed E-state index contributed by atoms with van der Waals surface area (Å²) >= 11 is 0. The fourth-order valence-corrected chi connectivity index (χ4v) is 3.85. The van der Waals surface area contributed by atoms with Crippen LogP contribution in [0.2, 0.25) is 0 Å². The summed E-state index contributed by atoms with van der Waals surface area (Å²) in [6, 6.07) is 10.8. The molecule has 148 valence electrons. The molecule has 1 aliphatic rings. The smallest absolute Gasteiger partial charge is 0.256 e. The molecule has 1 aromatic carbocycles. The third-order valence-corrected chi connectivity index (χ3v) is 5.45. The summed E-state index contributed by atoms with van der Waals surface area (Å²) in [5.74, 6) is 3.41. The van der Waals surface area contributed by atoms with E-state index in [1.54, 1.807) is 0 Å². The number of aromatic nitrogens is 4. The van der Waals surface area contributed by atoms with E-state index in [9.17, 15) is 0 Å². The van der Waals surface area contributed by atoms with Gasteiger partial charge in [0, 0.05) is 50.4 Å². The van der Waals surface area contributed by atoms with Crippen LogP contribution in [0.25, 0.3) is 17.2 Å². The Kier molecular flexibility index (Phi) is 5.17. The van der Waals surface area contributed by atoms with Gasteiger partial charge in [-0.05, 0) is 33.3 Å². The van der Waals surface area contributed by atoms with Crippen LogP contribution in [-0.4, -0.2) is 58.3 Å². The molecule has 1 saturated heterocycles. The van der Waals surface area contributed by atoms with Crippen molar-refractivity contribution in [2.75, 3.05) is 42.5 Å². The minimum Gasteiger partial charge on any atom is -0.357 e. The number of nitrogens with one attached hydrogen (secondary N) is 1. The Bertz CT molecular complexity index is 961. The van der Waals surface area contributed by atoms with Crippen LogP contribution >= 0.6 is 0 Å². The van der Waals surface area contributed by atoms with Crippen molar-refractivity contribution in [2.45, 2.75) is 33.7 Å². The van der Waals surface area contributed by atoms with Crippen LogP contribution in [0.3, 0.4) is 0 Å². The van der Waals surface area contributed by atoms with Gasteiger partial charge in [0.1, 0.15) is 11.6 Å². The van der Waals surface area contributed by atoms with Crippen LogP contribution < -0.4 is 15.1 Å². The molecular weight excluding hydrogens is 350 g/mol. The highest BCUT2D eigenvalue weighted by Gasteiger charge is 2.22. The predicted molar refractivity (Wildman–Crippen MR) is 114 cm³/mol. The van der Waals surface area contributed by atoms with Crippen molar-refractivity contribution in [2.24, 2.45) is 0 Å². The van der Waals surface area contributed by atoms with Gasteiger partial charge in [0.15, 0.2) is 5.82 Å². The largest absolute Gasteiger partial charge is 0.357 e. The van der Waals surface area contributed by atoms with E-state index in [2.05, 4.69) is 61.0 Å². The van der Waals surface area contributed by atoms with Gasteiger partial charge in [-0.3, -0.25) is 0 Å². The zero-order chi connectivity index (χ0) is 19.7. The van der Waals surface area contributed by atoms with E-state index in [1.807, 2.05) is 16.6 Å². The summed E-state index contributed by atoms with van der Waals surface area (Å²) in [4.78, 5) is 14.3. The molecule has 1 atom stereocenters. The van der Waals surface area contributed by atoms with Crippen molar-refractivity contribution >= 4 is 17.4 Å². The SMILES string of the molecule is CCN(CC)c1cc(N2CCNC(C)C2)n2nc(-c3ccccc3C)nc2n1. The lowest BCUT2D eigenvalue weighted by atomic mass is 10.1.